The molecule has 1 aromatic heterocycles. The molecule has 0 spiro atoms. The van der Waals surface area contributed by atoms with Gasteiger partial charge in [-0.25, -0.2) is 13.4 Å². The summed E-state index contributed by atoms with van der Waals surface area (Å²) in [7, 11) is -1.76. The van der Waals surface area contributed by atoms with E-state index in [1.54, 1.807) is 37.4 Å². The summed E-state index contributed by atoms with van der Waals surface area (Å²) in [5.41, 5.74) is 1.09. The molecule has 0 saturated carbocycles. The molecule has 0 aliphatic carbocycles. The molecule has 0 fully saturated rings. The lowest BCUT2D eigenvalue weighted by atomic mass is 10.3. The van der Waals surface area contributed by atoms with Gasteiger partial charge in [-0.15, -0.1) is 0 Å². The van der Waals surface area contributed by atoms with Gasteiger partial charge in [0.15, 0.2) is 0 Å². The summed E-state index contributed by atoms with van der Waals surface area (Å²) in [6.45, 7) is 1.81. The minimum absolute atomic E-state index is 0.0761. The van der Waals surface area contributed by atoms with Crippen LogP contribution in [0.25, 0.3) is 0 Å². The highest BCUT2D eigenvalue weighted by atomic mass is 35.5. The molecule has 0 aliphatic rings. The summed E-state index contributed by atoms with van der Waals surface area (Å²) in [6, 6.07) is 8.51. The summed E-state index contributed by atoms with van der Waals surface area (Å²) < 4.78 is 31.1. The molecule has 0 bridgehead atoms. The second-order valence-electron chi connectivity index (χ2n) is 4.82. The molecular formula is C15H18ClN3O3S. The lowest BCUT2D eigenvalue weighted by Gasteiger charge is -2.12. The van der Waals surface area contributed by atoms with E-state index in [2.05, 4.69) is 15.0 Å². The van der Waals surface area contributed by atoms with Crippen molar-refractivity contribution in [3.05, 3.63) is 41.6 Å². The second kappa shape index (κ2) is 7.52. The number of pyridine rings is 1. The molecule has 23 heavy (non-hydrogen) atoms. The maximum Gasteiger partial charge on any atom is 0.232 e. The van der Waals surface area contributed by atoms with Gasteiger partial charge in [0.1, 0.15) is 11.6 Å². The molecule has 0 amide bonds. The number of rotatable bonds is 7. The van der Waals surface area contributed by atoms with Crippen molar-refractivity contribution in [1.82, 2.24) is 4.98 Å². The Labute approximate surface area is 140 Å². The van der Waals surface area contributed by atoms with Crippen molar-refractivity contribution in [3.8, 4) is 5.75 Å². The number of hydrogen-bond donors (Lipinski definition) is 2. The SMILES string of the molecule is CCCS(=O)(=O)Nc1ccc(Nc2cc(Cl)ccc2OC)nc1. The van der Waals surface area contributed by atoms with E-state index in [1.807, 2.05) is 6.92 Å². The van der Waals surface area contributed by atoms with Crippen LogP contribution in [0.5, 0.6) is 5.75 Å². The van der Waals surface area contributed by atoms with E-state index in [0.717, 1.165) is 0 Å². The molecule has 1 aromatic carbocycles. The first kappa shape index (κ1) is 17.4. The molecule has 2 N–H and O–H groups in total. The molecule has 2 aromatic rings. The average Bonchev–Trinajstić information content (AvgIpc) is 2.49. The zero-order valence-corrected chi connectivity index (χ0v) is 14.4. The molecule has 2 rings (SSSR count). The summed E-state index contributed by atoms with van der Waals surface area (Å²) in [4.78, 5) is 4.19. The zero-order chi connectivity index (χ0) is 16.9. The van der Waals surface area contributed by atoms with Crippen molar-refractivity contribution in [1.29, 1.82) is 0 Å². The number of methoxy groups -OCH3 is 1. The van der Waals surface area contributed by atoms with Crippen molar-refractivity contribution in [2.45, 2.75) is 13.3 Å². The Balaban J connectivity index is 2.13. The van der Waals surface area contributed by atoms with Crippen molar-refractivity contribution in [2.24, 2.45) is 0 Å². The molecule has 124 valence electrons. The molecule has 0 aliphatic heterocycles. The standard InChI is InChI=1S/C15H18ClN3O3S/c1-3-8-23(20,21)19-12-5-7-15(17-10-12)18-13-9-11(16)4-6-14(13)22-2/h4-7,9-10,19H,3,8H2,1-2H3,(H,17,18). The fourth-order valence-electron chi connectivity index (χ4n) is 1.94. The molecule has 6 nitrogen and oxygen atoms in total. The van der Waals surface area contributed by atoms with E-state index in [4.69, 9.17) is 16.3 Å². The van der Waals surface area contributed by atoms with Crippen LogP contribution >= 0.6 is 11.6 Å². The van der Waals surface area contributed by atoms with Crippen molar-refractivity contribution >= 4 is 38.8 Å². The minimum Gasteiger partial charge on any atom is -0.495 e. The fraction of sp³-hybridized carbons (Fsp3) is 0.267. The first-order valence-electron chi connectivity index (χ1n) is 7.00. The molecule has 0 saturated heterocycles. The third-order valence-corrected chi connectivity index (χ3v) is 4.66. The van der Waals surface area contributed by atoms with Gasteiger partial charge in [-0.05, 0) is 36.8 Å². The zero-order valence-electron chi connectivity index (χ0n) is 12.8. The highest BCUT2D eigenvalue weighted by molar-refractivity contribution is 7.92. The van der Waals surface area contributed by atoms with Crippen LogP contribution in [0.15, 0.2) is 36.5 Å². The quantitative estimate of drug-likeness (QED) is 0.792. The van der Waals surface area contributed by atoms with Gasteiger partial charge in [-0.2, -0.15) is 0 Å². The van der Waals surface area contributed by atoms with Gasteiger partial charge in [0.2, 0.25) is 10.0 Å². The van der Waals surface area contributed by atoms with Crippen LogP contribution in [-0.4, -0.2) is 26.3 Å². The molecule has 0 unspecified atom stereocenters. The van der Waals surface area contributed by atoms with Crippen LogP contribution in [0.2, 0.25) is 5.02 Å². The van der Waals surface area contributed by atoms with Crippen LogP contribution in [0.1, 0.15) is 13.3 Å². The summed E-state index contributed by atoms with van der Waals surface area (Å²) in [6.07, 6.45) is 2.00. The summed E-state index contributed by atoms with van der Waals surface area (Å²) >= 11 is 5.97. The summed E-state index contributed by atoms with van der Waals surface area (Å²) in [5.74, 6) is 1.25. The second-order valence-corrected chi connectivity index (χ2v) is 7.10. The van der Waals surface area contributed by atoms with Gasteiger partial charge in [-0.1, -0.05) is 18.5 Å². The first-order chi connectivity index (χ1) is 10.9. The number of sulfonamides is 1. The highest BCUT2D eigenvalue weighted by Crippen LogP contribution is 2.30. The molecule has 0 atom stereocenters. The molecule has 0 radical (unpaired) electrons. The number of ether oxygens (including phenoxy) is 1. The Hall–Kier alpha value is -1.99. The van der Waals surface area contributed by atoms with E-state index < -0.39 is 10.0 Å². The number of nitrogens with one attached hydrogen (secondary N) is 2. The maximum atomic E-state index is 11.7. The minimum atomic E-state index is -3.32. The van der Waals surface area contributed by atoms with E-state index in [-0.39, 0.29) is 5.75 Å². The molecule has 1 heterocycles. The van der Waals surface area contributed by atoms with Crippen LogP contribution in [-0.2, 0) is 10.0 Å². The number of aromatic nitrogens is 1. The first-order valence-corrected chi connectivity index (χ1v) is 9.03. The summed E-state index contributed by atoms with van der Waals surface area (Å²) in [5, 5.41) is 3.65. The Bertz CT molecular complexity index is 764. The number of halogens is 1. The number of hydrogen-bond acceptors (Lipinski definition) is 5. The Morgan fingerprint density at radius 2 is 2.04 bits per heavy atom. The molecule has 8 heteroatoms. The Kier molecular flexibility index (Phi) is 5.68. The van der Waals surface area contributed by atoms with E-state index in [9.17, 15) is 8.42 Å². The number of anilines is 3. The highest BCUT2D eigenvalue weighted by Gasteiger charge is 2.09. The van der Waals surface area contributed by atoms with Crippen molar-refractivity contribution in [2.75, 3.05) is 22.9 Å². The largest absolute Gasteiger partial charge is 0.495 e. The normalized spacial score (nSPS) is 11.1. The third kappa shape index (κ3) is 5.01. The van der Waals surface area contributed by atoms with Crippen LogP contribution in [0, 0.1) is 0 Å². The van der Waals surface area contributed by atoms with Crippen molar-refractivity contribution < 1.29 is 13.2 Å². The number of nitrogens with zero attached hydrogens (tertiary/aromatic N) is 1. The lowest BCUT2D eigenvalue weighted by Crippen LogP contribution is -2.16. The Morgan fingerprint density at radius 3 is 2.65 bits per heavy atom. The van der Waals surface area contributed by atoms with E-state index in [1.165, 1.54) is 6.20 Å². The van der Waals surface area contributed by atoms with Gasteiger partial charge in [-0.3, -0.25) is 4.72 Å². The third-order valence-electron chi connectivity index (χ3n) is 2.93. The van der Waals surface area contributed by atoms with Gasteiger partial charge < -0.3 is 10.1 Å². The molecular weight excluding hydrogens is 338 g/mol. The van der Waals surface area contributed by atoms with Gasteiger partial charge in [0.05, 0.1) is 30.4 Å². The Morgan fingerprint density at radius 1 is 1.26 bits per heavy atom. The average molecular weight is 356 g/mol. The lowest BCUT2D eigenvalue weighted by molar-refractivity contribution is 0.417. The van der Waals surface area contributed by atoms with Crippen molar-refractivity contribution in [3.63, 3.8) is 0 Å². The van der Waals surface area contributed by atoms with E-state index >= 15 is 0 Å². The predicted molar refractivity (Wildman–Crippen MR) is 93.2 cm³/mol. The fourth-order valence-corrected chi connectivity index (χ4v) is 3.23. The van der Waals surface area contributed by atoms with Crippen LogP contribution in [0.4, 0.5) is 17.2 Å². The topological polar surface area (TPSA) is 80.3 Å². The monoisotopic (exact) mass is 355 g/mol. The van der Waals surface area contributed by atoms with Gasteiger partial charge in [0, 0.05) is 5.02 Å². The van der Waals surface area contributed by atoms with Crippen LogP contribution < -0.4 is 14.8 Å². The number of benzene rings is 1. The van der Waals surface area contributed by atoms with E-state index in [0.29, 0.717) is 34.4 Å². The van der Waals surface area contributed by atoms with Crippen LogP contribution in [0.3, 0.4) is 0 Å². The maximum absolute atomic E-state index is 11.7. The van der Waals surface area contributed by atoms with Gasteiger partial charge in [0.25, 0.3) is 0 Å². The predicted octanol–water partition coefficient (Wildman–Crippen LogP) is 3.64. The smallest absolute Gasteiger partial charge is 0.232 e. The van der Waals surface area contributed by atoms with Gasteiger partial charge >= 0.3 is 0 Å².